The van der Waals surface area contributed by atoms with E-state index in [-0.39, 0.29) is 29.2 Å². The number of carbonyl (C=O) groups is 2. The zero-order valence-electron chi connectivity index (χ0n) is 18.7. The number of nitrogens with one attached hydrogen (secondary N) is 1. The molecule has 1 fully saturated rings. The summed E-state index contributed by atoms with van der Waals surface area (Å²) in [5, 5.41) is 4.26. The number of primary amides is 1. The first-order valence-corrected chi connectivity index (χ1v) is 12.4. The second kappa shape index (κ2) is 12.0. The van der Waals surface area contributed by atoms with E-state index in [1.54, 1.807) is 10.6 Å². The lowest BCUT2D eigenvalue weighted by Gasteiger charge is -2.31. The van der Waals surface area contributed by atoms with Crippen molar-refractivity contribution in [2.45, 2.75) is 63.2 Å². The number of unbranched alkanes of at least 4 members (excludes halogenated alkanes) is 2. The van der Waals surface area contributed by atoms with Gasteiger partial charge in [-0.1, -0.05) is 37.2 Å². The molecule has 8 nitrogen and oxygen atoms in total. The summed E-state index contributed by atoms with van der Waals surface area (Å²) in [7, 11) is 0. The van der Waals surface area contributed by atoms with E-state index in [4.69, 9.17) is 5.73 Å². The standard InChI is InChI=1S/C23H33N5O3S/c1-2-27-14-11-17(12-15-27)25-21(30)16-32-23-26-19-9-6-5-8-18(19)22(31)28(23)13-7-3-4-10-20(24)29/h5-6,8-9,17H,2-4,7,10-16H2,1H3,(H2,24,29)(H,25,30). The number of nitrogens with two attached hydrogens (primary N) is 1. The van der Waals surface area contributed by atoms with Crippen LogP contribution in [0.3, 0.4) is 0 Å². The van der Waals surface area contributed by atoms with Gasteiger partial charge in [-0.2, -0.15) is 0 Å². The Kier molecular flexibility index (Phi) is 9.11. The molecule has 0 aliphatic carbocycles. The van der Waals surface area contributed by atoms with E-state index in [2.05, 4.69) is 22.1 Å². The third-order valence-corrected chi connectivity index (χ3v) is 6.84. The Labute approximate surface area is 192 Å². The molecule has 1 aromatic heterocycles. The smallest absolute Gasteiger partial charge is 0.262 e. The summed E-state index contributed by atoms with van der Waals surface area (Å²) >= 11 is 1.30. The summed E-state index contributed by atoms with van der Waals surface area (Å²) in [5.74, 6) is -0.113. The van der Waals surface area contributed by atoms with Gasteiger partial charge in [0, 0.05) is 32.1 Å². The number of nitrogens with zero attached hydrogens (tertiary/aromatic N) is 3. The number of hydrogen-bond donors (Lipinski definition) is 2. The first kappa shape index (κ1) is 24.3. The maximum absolute atomic E-state index is 13.1. The third kappa shape index (κ3) is 6.80. The van der Waals surface area contributed by atoms with Crippen molar-refractivity contribution >= 4 is 34.5 Å². The first-order chi connectivity index (χ1) is 15.5. The second-order valence-electron chi connectivity index (χ2n) is 8.21. The van der Waals surface area contributed by atoms with Crippen LogP contribution in [0.2, 0.25) is 0 Å². The summed E-state index contributed by atoms with van der Waals surface area (Å²) < 4.78 is 1.66. The quantitative estimate of drug-likeness (QED) is 0.303. The SMILES string of the molecule is CCN1CCC(NC(=O)CSc2nc3ccccc3c(=O)n2CCCCCC(N)=O)CC1. The molecule has 3 N–H and O–H groups in total. The molecule has 1 aromatic carbocycles. The van der Waals surface area contributed by atoms with Gasteiger partial charge in [0.1, 0.15) is 0 Å². The van der Waals surface area contributed by atoms with E-state index < -0.39 is 0 Å². The van der Waals surface area contributed by atoms with Crippen molar-refractivity contribution in [3.05, 3.63) is 34.6 Å². The minimum Gasteiger partial charge on any atom is -0.370 e. The topological polar surface area (TPSA) is 110 Å². The summed E-state index contributed by atoms with van der Waals surface area (Å²) in [5.41, 5.74) is 5.74. The minimum atomic E-state index is -0.308. The molecule has 1 aliphatic rings. The summed E-state index contributed by atoms with van der Waals surface area (Å²) in [6, 6.07) is 7.49. The van der Waals surface area contributed by atoms with Crippen LogP contribution in [0.1, 0.15) is 45.4 Å². The monoisotopic (exact) mass is 459 g/mol. The molecule has 2 amide bonds. The van der Waals surface area contributed by atoms with Gasteiger partial charge in [-0.25, -0.2) is 4.98 Å². The van der Waals surface area contributed by atoms with Crippen LogP contribution in [0.5, 0.6) is 0 Å². The van der Waals surface area contributed by atoms with Crippen molar-refractivity contribution in [3.8, 4) is 0 Å². The van der Waals surface area contributed by atoms with E-state index in [1.807, 2.05) is 18.2 Å². The zero-order valence-corrected chi connectivity index (χ0v) is 19.5. The average molecular weight is 460 g/mol. The Balaban J connectivity index is 1.64. The Morgan fingerprint density at radius 3 is 2.66 bits per heavy atom. The number of carbonyl (C=O) groups excluding carboxylic acids is 2. The van der Waals surface area contributed by atoms with Crippen molar-refractivity contribution in [1.82, 2.24) is 19.8 Å². The lowest BCUT2D eigenvalue weighted by Crippen LogP contribution is -2.45. The highest BCUT2D eigenvalue weighted by molar-refractivity contribution is 7.99. The molecule has 32 heavy (non-hydrogen) atoms. The maximum Gasteiger partial charge on any atom is 0.262 e. The van der Waals surface area contributed by atoms with E-state index in [0.717, 1.165) is 45.3 Å². The highest BCUT2D eigenvalue weighted by Crippen LogP contribution is 2.19. The molecule has 1 saturated heterocycles. The minimum absolute atomic E-state index is 0.0274. The number of hydrogen-bond acceptors (Lipinski definition) is 6. The van der Waals surface area contributed by atoms with Crippen LogP contribution in [-0.4, -0.2) is 57.7 Å². The molecule has 0 atom stereocenters. The molecule has 1 aliphatic heterocycles. The lowest BCUT2D eigenvalue weighted by molar-refractivity contribution is -0.119. The Bertz CT molecular complexity index is 985. The number of para-hydroxylation sites is 1. The van der Waals surface area contributed by atoms with Crippen LogP contribution in [0.4, 0.5) is 0 Å². The summed E-state index contributed by atoms with van der Waals surface area (Å²) in [4.78, 5) is 43.6. The molecule has 2 aromatic rings. The number of amides is 2. The molecule has 9 heteroatoms. The van der Waals surface area contributed by atoms with Gasteiger partial charge in [0.2, 0.25) is 11.8 Å². The van der Waals surface area contributed by atoms with E-state index in [9.17, 15) is 14.4 Å². The van der Waals surface area contributed by atoms with E-state index in [1.165, 1.54) is 11.8 Å². The normalized spacial score (nSPS) is 15.2. The molecule has 174 valence electrons. The Morgan fingerprint density at radius 2 is 1.94 bits per heavy atom. The molecule has 0 spiro atoms. The number of piperidine rings is 1. The lowest BCUT2D eigenvalue weighted by atomic mass is 10.1. The third-order valence-electron chi connectivity index (χ3n) is 5.86. The summed E-state index contributed by atoms with van der Waals surface area (Å²) in [6.45, 7) is 5.72. The Morgan fingerprint density at radius 1 is 1.19 bits per heavy atom. The number of rotatable bonds is 11. The van der Waals surface area contributed by atoms with Gasteiger partial charge in [0.05, 0.1) is 16.7 Å². The van der Waals surface area contributed by atoms with Crippen LogP contribution < -0.4 is 16.6 Å². The number of benzene rings is 1. The van der Waals surface area contributed by atoms with Gasteiger partial charge in [-0.05, 0) is 44.4 Å². The van der Waals surface area contributed by atoms with Crippen molar-refractivity contribution in [1.29, 1.82) is 0 Å². The van der Waals surface area contributed by atoms with Gasteiger partial charge in [0.25, 0.3) is 5.56 Å². The maximum atomic E-state index is 13.1. The molecular weight excluding hydrogens is 426 g/mol. The average Bonchev–Trinajstić information content (AvgIpc) is 2.79. The predicted molar refractivity (Wildman–Crippen MR) is 128 cm³/mol. The largest absolute Gasteiger partial charge is 0.370 e. The molecule has 0 bridgehead atoms. The number of likely N-dealkylation sites (tertiary alicyclic amines) is 1. The predicted octanol–water partition coefficient (Wildman–Crippen LogP) is 2.13. The van der Waals surface area contributed by atoms with Gasteiger partial charge in [-0.15, -0.1) is 0 Å². The van der Waals surface area contributed by atoms with Crippen molar-refractivity contribution in [2.75, 3.05) is 25.4 Å². The molecule has 0 unspecified atom stereocenters. The zero-order chi connectivity index (χ0) is 22.9. The summed E-state index contributed by atoms with van der Waals surface area (Å²) in [6.07, 6.45) is 4.52. The molecule has 0 radical (unpaired) electrons. The molecule has 0 saturated carbocycles. The fraction of sp³-hybridized carbons (Fsp3) is 0.565. The molecule has 3 rings (SSSR count). The highest BCUT2D eigenvalue weighted by atomic mass is 32.2. The van der Waals surface area contributed by atoms with Gasteiger partial charge in [-0.3, -0.25) is 19.0 Å². The van der Waals surface area contributed by atoms with Crippen molar-refractivity contribution < 1.29 is 9.59 Å². The van der Waals surface area contributed by atoms with Crippen LogP contribution in [-0.2, 0) is 16.1 Å². The van der Waals surface area contributed by atoms with Crippen molar-refractivity contribution in [2.24, 2.45) is 5.73 Å². The van der Waals surface area contributed by atoms with Gasteiger partial charge in [0.15, 0.2) is 5.16 Å². The molecular formula is C23H33N5O3S. The van der Waals surface area contributed by atoms with Gasteiger partial charge < -0.3 is 16.0 Å². The number of fused-ring (bicyclic) bond motifs is 1. The fourth-order valence-corrected chi connectivity index (χ4v) is 4.83. The van der Waals surface area contributed by atoms with Crippen LogP contribution >= 0.6 is 11.8 Å². The van der Waals surface area contributed by atoms with E-state index >= 15 is 0 Å². The van der Waals surface area contributed by atoms with Crippen LogP contribution in [0, 0.1) is 0 Å². The molecule has 2 heterocycles. The number of aromatic nitrogens is 2. The second-order valence-corrected chi connectivity index (χ2v) is 9.15. The Hall–Kier alpha value is -2.39. The van der Waals surface area contributed by atoms with Crippen LogP contribution in [0.25, 0.3) is 10.9 Å². The highest BCUT2D eigenvalue weighted by Gasteiger charge is 2.20. The first-order valence-electron chi connectivity index (χ1n) is 11.4. The van der Waals surface area contributed by atoms with Crippen molar-refractivity contribution in [3.63, 3.8) is 0 Å². The van der Waals surface area contributed by atoms with Crippen LogP contribution in [0.15, 0.2) is 34.2 Å². The van der Waals surface area contributed by atoms with E-state index in [0.29, 0.717) is 35.4 Å². The van der Waals surface area contributed by atoms with Gasteiger partial charge >= 0.3 is 0 Å². The number of thioether (sulfide) groups is 1. The fourth-order valence-electron chi connectivity index (χ4n) is 3.99.